The third kappa shape index (κ3) is 8.35. The molecule has 4 fully saturated rings. The highest BCUT2D eigenvalue weighted by Crippen LogP contribution is 2.54. The van der Waals surface area contributed by atoms with E-state index >= 15 is 0 Å². The maximum Gasteiger partial charge on any atom is 0.407 e. The average molecular weight is 839 g/mol. The van der Waals surface area contributed by atoms with Crippen molar-refractivity contribution >= 4 is 23.8 Å². The third-order valence-corrected chi connectivity index (χ3v) is 13.0. The van der Waals surface area contributed by atoms with Gasteiger partial charge in [-0.2, -0.15) is 0 Å². The molecule has 4 heterocycles. The molecule has 4 amide bonds. The van der Waals surface area contributed by atoms with Crippen molar-refractivity contribution in [2.45, 2.75) is 76.2 Å². The molecule has 2 aromatic heterocycles. The lowest BCUT2D eigenvalue weighted by atomic mass is 10.0. The van der Waals surface area contributed by atoms with E-state index in [2.05, 4.69) is 69.1 Å². The number of nitrogens with one attached hydrogen (secondary N) is 4. The number of aromatic nitrogens is 4. The van der Waals surface area contributed by atoms with Crippen LogP contribution in [0.15, 0.2) is 91.3 Å². The Labute approximate surface area is 361 Å². The predicted molar refractivity (Wildman–Crippen MR) is 232 cm³/mol. The van der Waals surface area contributed by atoms with Gasteiger partial charge >= 0.3 is 6.09 Å². The fourth-order valence-electron chi connectivity index (χ4n) is 9.36. The first-order valence-corrected chi connectivity index (χ1v) is 21.7. The summed E-state index contributed by atoms with van der Waals surface area (Å²) >= 11 is 0. The molecule has 0 spiro atoms. The van der Waals surface area contributed by atoms with Gasteiger partial charge in [-0.3, -0.25) is 14.4 Å². The summed E-state index contributed by atoms with van der Waals surface area (Å²) in [6.07, 6.45) is 7.25. The number of methoxy groups -OCH3 is 2. The largest absolute Gasteiger partial charge is 0.453 e. The summed E-state index contributed by atoms with van der Waals surface area (Å²) in [7, 11) is 2.95. The Kier molecular flexibility index (Phi) is 11.4. The van der Waals surface area contributed by atoms with Crippen molar-refractivity contribution in [3.05, 3.63) is 108 Å². The smallest absolute Gasteiger partial charge is 0.407 e. The van der Waals surface area contributed by atoms with Gasteiger partial charge in [0, 0.05) is 31.5 Å². The molecule has 4 aliphatic rings. The number of rotatable bonds is 14. The molecular weight excluding hydrogens is 785 g/mol. The van der Waals surface area contributed by atoms with Crippen LogP contribution in [0.5, 0.6) is 0 Å². The Morgan fingerprint density at radius 3 is 1.90 bits per heavy atom. The third-order valence-electron chi connectivity index (χ3n) is 13.0. The van der Waals surface area contributed by atoms with E-state index in [1.807, 2.05) is 55.3 Å². The molecule has 62 heavy (non-hydrogen) atoms. The van der Waals surface area contributed by atoms with Gasteiger partial charge in [0.1, 0.15) is 23.7 Å². The fraction of sp³-hybridized carbons (Fsp3) is 0.417. The molecular formula is C48H54N8O6. The highest BCUT2D eigenvalue weighted by Gasteiger charge is 2.56. The first-order valence-electron chi connectivity index (χ1n) is 21.7. The van der Waals surface area contributed by atoms with Crippen LogP contribution < -0.4 is 10.6 Å². The number of piperidine rings is 1. The lowest BCUT2D eigenvalue weighted by Gasteiger charge is -2.31. The molecule has 2 aliphatic heterocycles. The van der Waals surface area contributed by atoms with Crippen LogP contribution in [0.1, 0.15) is 81.3 Å². The van der Waals surface area contributed by atoms with E-state index in [9.17, 15) is 19.2 Å². The molecule has 4 N–H and O–H groups in total. The number of carbonyl (C=O) groups excluding carboxylic acids is 4. The fourth-order valence-corrected chi connectivity index (χ4v) is 9.36. The number of imidazole rings is 2. The van der Waals surface area contributed by atoms with E-state index in [0.29, 0.717) is 31.3 Å². The van der Waals surface area contributed by atoms with Gasteiger partial charge in [0.2, 0.25) is 11.8 Å². The summed E-state index contributed by atoms with van der Waals surface area (Å²) < 4.78 is 10.3. The lowest BCUT2D eigenvalue weighted by molar-refractivity contribution is -0.139. The van der Waals surface area contributed by atoms with Crippen LogP contribution in [0.4, 0.5) is 4.79 Å². The van der Waals surface area contributed by atoms with Crippen LogP contribution in [0, 0.1) is 23.7 Å². The van der Waals surface area contributed by atoms with Crippen LogP contribution >= 0.6 is 0 Å². The quantitative estimate of drug-likeness (QED) is 0.0927. The molecule has 9 rings (SSSR count). The summed E-state index contributed by atoms with van der Waals surface area (Å²) in [5.74, 6) is 1.57. The number of hydrogen-bond acceptors (Lipinski definition) is 8. The molecule has 0 bridgehead atoms. The second-order valence-corrected chi connectivity index (χ2v) is 17.6. The standard InChI is InChI=1S/C48H54N8O6/c1-27(2)41(54-48(60)62-4)46(58)55-25-28(26-61-3)20-39(55)43-49-23-36(51-43)31-14-10-29(11-15-31)30-12-16-32(17-13-30)37-24-50-44(52-37)40-22-35-21-38(35)56(40)47(59)42(33-8-6-5-7-9-33)53-45(57)34-18-19-34/h5-17,23-24,27-28,34-35,38-42H,18-22,25-26H2,1-4H3,(H,49,51)(H,50,52)(H,53,57)(H,54,60)/t28-,35+,38+,39-,40-,41?,42+/m0/s1. The maximum absolute atomic E-state index is 14.3. The summed E-state index contributed by atoms with van der Waals surface area (Å²) in [6, 6.07) is 24.4. The van der Waals surface area contributed by atoms with E-state index in [0.717, 1.165) is 70.7 Å². The number of hydrogen-bond donors (Lipinski definition) is 4. The highest BCUT2D eigenvalue weighted by atomic mass is 16.5. The van der Waals surface area contributed by atoms with Crippen molar-refractivity contribution in [2.75, 3.05) is 27.4 Å². The summed E-state index contributed by atoms with van der Waals surface area (Å²) in [6.45, 7) is 4.80. The number of fused-ring (bicyclic) bond motifs is 1. The van der Waals surface area contributed by atoms with E-state index < -0.39 is 18.2 Å². The van der Waals surface area contributed by atoms with Gasteiger partial charge in [0.25, 0.3) is 5.91 Å². The molecule has 1 unspecified atom stereocenters. The molecule has 14 heteroatoms. The van der Waals surface area contributed by atoms with Crippen molar-refractivity contribution in [2.24, 2.45) is 23.7 Å². The zero-order valence-corrected chi connectivity index (χ0v) is 35.5. The Hall–Kier alpha value is -6.28. The van der Waals surface area contributed by atoms with Gasteiger partial charge in [-0.05, 0) is 71.8 Å². The Morgan fingerprint density at radius 2 is 1.34 bits per heavy atom. The van der Waals surface area contributed by atoms with Crippen molar-refractivity contribution < 1.29 is 28.7 Å². The number of amides is 4. The van der Waals surface area contributed by atoms with Crippen molar-refractivity contribution in [1.82, 2.24) is 40.4 Å². The zero-order valence-electron chi connectivity index (χ0n) is 35.5. The van der Waals surface area contributed by atoms with Crippen molar-refractivity contribution in [3.63, 3.8) is 0 Å². The molecule has 322 valence electrons. The number of carbonyl (C=O) groups is 4. The SMILES string of the molecule is COC[C@H]1C[C@@H](c2ncc(-c3ccc(-c4ccc(-c5cnc([C@@H]6C[C@H]7C[C@H]7N6C(=O)[C@H](NC(=O)C6CC6)c6ccccc6)[nH]5)cc4)cc3)[nH]2)N(C(=O)C(NC(=O)OC)C(C)C)C1. The molecule has 3 aromatic carbocycles. The van der Waals surface area contributed by atoms with Gasteiger partial charge < -0.3 is 39.9 Å². The molecule has 14 nitrogen and oxygen atoms in total. The predicted octanol–water partition coefficient (Wildman–Crippen LogP) is 6.98. The van der Waals surface area contributed by atoms with E-state index in [-0.39, 0.29) is 53.6 Å². The minimum atomic E-state index is -0.739. The number of H-pyrrole nitrogens is 2. The lowest BCUT2D eigenvalue weighted by Crippen LogP contribution is -2.51. The van der Waals surface area contributed by atoms with Crippen molar-refractivity contribution in [1.29, 1.82) is 0 Å². The maximum atomic E-state index is 14.3. The average Bonchev–Trinajstić information content (AvgIpc) is 4.01. The van der Waals surface area contributed by atoms with Crippen molar-refractivity contribution in [3.8, 4) is 33.6 Å². The molecule has 2 saturated heterocycles. The van der Waals surface area contributed by atoms with Crippen LogP contribution in [-0.2, 0) is 23.9 Å². The van der Waals surface area contributed by atoms with E-state index in [1.165, 1.54) is 7.11 Å². The summed E-state index contributed by atoms with van der Waals surface area (Å²) in [5.41, 5.74) is 6.57. The van der Waals surface area contributed by atoms with Crippen LogP contribution in [0.25, 0.3) is 33.6 Å². The van der Waals surface area contributed by atoms with E-state index in [1.54, 1.807) is 18.2 Å². The highest BCUT2D eigenvalue weighted by molar-refractivity contribution is 5.91. The number of alkyl carbamates (subject to hydrolysis) is 1. The Bertz CT molecular complexity index is 2410. The first kappa shape index (κ1) is 41.1. The van der Waals surface area contributed by atoms with Gasteiger partial charge in [0.05, 0.1) is 49.6 Å². The topological polar surface area (TPSA) is 175 Å². The number of nitrogens with zero attached hydrogens (tertiary/aromatic N) is 4. The number of benzene rings is 3. The minimum absolute atomic E-state index is 0.0000832. The van der Waals surface area contributed by atoms with Gasteiger partial charge in [-0.25, -0.2) is 14.8 Å². The first-order chi connectivity index (χ1) is 30.1. The summed E-state index contributed by atoms with van der Waals surface area (Å²) in [4.78, 5) is 73.6. The molecule has 0 radical (unpaired) electrons. The number of likely N-dealkylation sites (tertiary alicyclic amines) is 2. The van der Waals surface area contributed by atoms with Gasteiger partial charge in [0.15, 0.2) is 0 Å². The summed E-state index contributed by atoms with van der Waals surface area (Å²) in [5, 5.41) is 5.80. The van der Waals surface area contributed by atoms with Gasteiger partial charge in [-0.15, -0.1) is 0 Å². The van der Waals surface area contributed by atoms with Crippen LogP contribution in [-0.4, -0.2) is 93.0 Å². The minimum Gasteiger partial charge on any atom is -0.453 e. The second-order valence-electron chi connectivity index (χ2n) is 17.6. The second kappa shape index (κ2) is 17.2. The Morgan fingerprint density at radius 1 is 0.742 bits per heavy atom. The van der Waals surface area contributed by atoms with Crippen LogP contribution in [0.2, 0.25) is 0 Å². The number of ether oxygens (including phenoxy) is 2. The molecule has 5 aromatic rings. The molecule has 7 atom stereocenters. The Balaban J connectivity index is 0.873. The molecule has 2 aliphatic carbocycles. The molecule has 2 saturated carbocycles. The number of aromatic amines is 2. The van der Waals surface area contributed by atoms with Gasteiger partial charge in [-0.1, -0.05) is 92.7 Å². The zero-order chi connectivity index (χ0) is 43.1. The van der Waals surface area contributed by atoms with E-state index in [4.69, 9.17) is 19.4 Å². The van der Waals surface area contributed by atoms with Crippen LogP contribution in [0.3, 0.4) is 0 Å². The normalized spacial score (nSPS) is 22.6. The monoisotopic (exact) mass is 838 g/mol.